The second-order valence-corrected chi connectivity index (χ2v) is 3.10. The Hall–Kier alpha value is -0.100. The molecule has 6 heteroatoms. The maximum absolute atomic E-state index is 11.4. The standard InChI is InChI=1S/C5H9F3O2S/c6-5(7,8)3-1-2-4-11(9)10/h1-4H2,(H,9,10)/p-1. The molecule has 2 nitrogen and oxygen atoms in total. The van der Waals surface area contributed by atoms with Gasteiger partial charge < -0.3 is 4.55 Å². The highest BCUT2D eigenvalue weighted by atomic mass is 32.2. The van der Waals surface area contributed by atoms with Gasteiger partial charge in [0.1, 0.15) is 0 Å². The van der Waals surface area contributed by atoms with Crippen LogP contribution in [0.4, 0.5) is 13.2 Å². The Balaban J connectivity index is 3.22. The monoisotopic (exact) mass is 189 g/mol. The molecule has 0 heterocycles. The molecule has 0 N–H and O–H groups in total. The van der Waals surface area contributed by atoms with Crippen molar-refractivity contribution in [1.29, 1.82) is 0 Å². The molecule has 0 saturated carbocycles. The van der Waals surface area contributed by atoms with Crippen molar-refractivity contribution in [3.8, 4) is 0 Å². The molecule has 1 unspecified atom stereocenters. The van der Waals surface area contributed by atoms with Crippen LogP contribution in [0, 0.1) is 0 Å². The first-order chi connectivity index (χ1) is 4.92. The Labute approximate surface area is 65.1 Å². The molecule has 0 bridgehead atoms. The lowest BCUT2D eigenvalue weighted by molar-refractivity contribution is -0.135. The summed E-state index contributed by atoms with van der Waals surface area (Å²) in [4.78, 5) is 0. The van der Waals surface area contributed by atoms with Crippen LogP contribution in [0.3, 0.4) is 0 Å². The summed E-state index contributed by atoms with van der Waals surface area (Å²) >= 11 is -2.21. The quantitative estimate of drug-likeness (QED) is 0.497. The van der Waals surface area contributed by atoms with Crippen LogP contribution < -0.4 is 0 Å². The van der Waals surface area contributed by atoms with E-state index in [1.54, 1.807) is 0 Å². The average Bonchev–Trinajstić information content (AvgIpc) is 1.78. The largest absolute Gasteiger partial charge is 0.772 e. The normalized spacial score (nSPS) is 14.9. The molecule has 68 valence electrons. The predicted molar refractivity (Wildman–Crippen MR) is 33.7 cm³/mol. The summed E-state index contributed by atoms with van der Waals surface area (Å²) in [6.07, 6.45) is -5.10. The van der Waals surface area contributed by atoms with Gasteiger partial charge in [-0.15, -0.1) is 0 Å². The van der Waals surface area contributed by atoms with Gasteiger partial charge >= 0.3 is 6.18 Å². The third-order valence-corrected chi connectivity index (χ3v) is 1.64. The van der Waals surface area contributed by atoms with E-state index < -0.39 is 23.7 Å². The third kappa shape index (κ3) is 9.90. The fraction of sp³-hybridized carbons (Fsp3) is 1.00. The minimum Gasteiger partial charge on any atom is -0.772 e. The molecule has 0 aliphatic carbocycles. The number of hydrogen-bond donors (Lipinski definition) is 0. The van der Waals surface area contributed by atoms with Crippen LogP contribution in [0.2, 0.25) is 0 Å². The zero-order valence-corrected chi connectivity index (χ0v) is 6.50. The first-order valence-electron chi connectivity index (χ1n) is 3.04. The molecule has 0 aliphatic rings. The number of rotatable bonds is 4. The van der Waals surface area contributed by atoms with E-state index in [4.69, 9.17) is 0 Å². The van der Waals surface area contributed by atoms with Gasteiger partial charge in [-0.1, -0.05) is 11.1 Å². The Bertz CT molecular complexity index is 134. The molecule has 11 heavy (non-hydrogen) atoms. The molecule has 0 radical (unpaired) electrons. The zero-order chi connectivity index (χ0) is 8.91. The summed E-state index contributed by atoms with van der Waals surface area (Å²) in [7, 11) is 0. The Morgan fingerprint density at radius 1 is 1.27 bits per heavy atom. The van der Waals surface area contributed by atoms with Gasteiger partial charge in [0.25, 0.3) is 0 Å². The highest BCUT2D eigenvalue weighted by Gasteiger charge is 2.25. The van der Waals surface area contributed by atoms with Gasteiger partial charge in [-0.3, -0.25) is 4.21 Å². The average molecular weight is 189 g/mol. The van der Waals surface area contributed by atoms with Gasteiger partial charge in [0.2, 0.25) is 0 Å². The molecular formula is C5H8F3O2S-. The van der Waals surface area contributed by atoms with Crippen molar-refractivity contribution in [3.05, 3.63) is 0 Å². The zero-order valence-electron chi connectivity index (χ0n) is 5.69. The topological polar surface area (TPSA) is 40.1 Å². The van der Waals surface area contributed by atoms with E-state index in [2.05, 4.69) is 0 Å². The summed E-state index contributed by atoms with van der Waals surface area (Å²) in [5.74, 6) is -0.184. The van der Waals surface area contributed by atoms with E-state index in [1.807, 2.05) is 0 Å². The first kappa shape index (κ1) is 10.9. The molecular weight excluding hydrogens is 181 g/mol. The van der Waals surface area contributed by atoms with E-state index in [0.29, 0.717) is 0 Å². The molecule has 0 saturated heterocycles. The number of unbranched alkanes of at least 4 members (excludes halogenated alkanes) is 1. The van der Waals surface area contributed by atoms with Crippen molar-refractivity contribution < 1.29 is 21.9 Å². The van der Waals surface area contributed by atoms with Crippen LogP contribution in [0.25, 0.3) is 0 Å². The summed E-state index contributed by atoms with van der Waals surface area (Å²) in [6, 6.07) is 0. The third-order valence-electron chi connectivity index (χ3n) is 1.02. The minimum absolute atomic E-state index is 0.0790. The lowest BCUT2D eigenvalue weighted by Crippen LogP contribution is -2.07. The van der Waals surface area contributed by atoms with Crippen LogP contribution in [-0.2, 0) is 11.1 Å². The molecule has 0 aromatic heterocycles. The van der Waals surface area contributed by atoms with E-state index in [0.717, 1.165) is 0 Å². The predicted octanol–water partition coefficient (Wildman–Crippen LogP) is 1.60. The summed E-state index contributed by atoms with van der Waals surface area (Å²) in [5.41, 5.74) is 0. The SMILES string of the molecule is O=S([O-])CCCCC(F)(F)F. The van der Waals surface area contributed by atoms with Crippen molar-refractivity contribution in [2.24, 2.45) is 0 Å². The van der Waals surface area contributed by atoms with Gasteiger partial charge in [-0.2, -0.15) is 13.2 Å². The van der Waals surface area contributed by atoms with Crippen molar-refractivity contribution in [2.45, 2.75) is 25.4 Å². The molecule has 0 aliphatic heterocycles. The maximum atomic E-state index is 11.4. The number of hydrogen-bond acceptors (Lipinski definition) is 2. The smallest absolute Gasteiger partial charge is 0.389 e. The fourth-order valence-electron chi connectivity index (χ4n) is 0.545. The minimum atomic E-state index is -4.16. The fourth-order valence-corrected chi connectivity index (χ4v) is 0.985. The second kappa shape index (κ2) is 4.71. The van der Waals surface area contributed by atoms with Crippen LogP contribution in [-0.4, -0.2) is 20.7 Å². The van der Waals surface area contributed by atoms with Crippen molar-refractivity contribution in [3.63, 3.8) is 0 Å². The second-order valence-electron chi connectivity index (χ2n) is 2.08. The molecule has 0 amide bonds. The van der Waals surface area contributed by atoms with Gasteiger partial charge in [-0.25, -0.2) is 0 Å². The van der Waals surface area contributed by atoms with Crippen molar-refractivity contribution >= 4 is 11.1 Å². The molecule has 0 aromatic carbocycles. The maximum Gasteiger partial charge on any atom is 0.389 e. The number of halogens is 3. The Morgan fingerprint density at radius 2 is 1.82 bits per heavy atom. The molecule has 0 rings (SSSR count). The Morgan fingerprint density at radius 3 is 2.18 bits per heavy atom. The van der Waals surface area contributed by atoms with Gasteiger partial charge in [-0.05, 0) is 12.8 Å². The number of alkyl halides is 3. The van der Waals surface area contributed by atoms with E-state index in [-0.39, 0.29) is 18.6 Å². The lowest BCUT2D eigenvalue weighted by Gasteiger charge is -2.06. The molecule has 1 atom stereocenters. The van der Waals surface area contributed by atoms with Crippen molar-refractivity contribution in [1.82, 2.24) is 0 Å². The van der Waals surface area contributed by atoms with Crippen molar-refractivity contribution in [2.75, 3.05) is 5.75 Å². The van der Waals surface area contributed by atoms with Gasteiger partial charge in [0.05, 0.1) is 0 Å². The molecule has 0 fully saturated rings. The van der Waals surface area contributed by atoms with Crippen LogP contribution in [0.1, 0.15) is 19.3 Å². The summed E-state index contributed by atoms with van der Waals surface area (Å²) in [6.45, 7) is 0. The molecule has 0 spiro atoms. The van der Waals surface area contributed by atoms with Gasteiger partial charge in [0, 0.05) is 12.2 Å². The van der Waals surface area contributed by atoms with E-state index in [9.17, 15) is 21.9 Å². The highest BCUT2D eigenvalue weighted by molar-refractivity contribution is 7.79. The first-order valence-corrected chi connectivity index (χ1v) is 4.29. The van der Waals surface area contributed by atoms with Gasteiger partial charge in [0.15, 0.2) is 0 Å². The highest BCUT2D eigenvalue weighted by Crippen LogP contribution is 2.21. The summed E-state index contributed by atoms with van der Waals surface area (Å²) < 4.78 is 54.0. The van der Waals surface area contributed by atoms with Crippen LogP contribution in [0.5, 0.6) is 0 Å². The lowest BCUT2D eigenvalue weighted by atomic mass is 10.2. The van der Waals surface area contributed by atoms with Crippen LogP contribution >= 0.6 is 0 Å². The molecule has 0 aromatic rings. The Kier molecular flexibility index (Phi) is 4.67. The van der Waals surface area contributed by atoms with E-state index >= 15 is 0 Å². The van der Waals surface area contributed by atoms with Crippen LogP contribution in [0.15, 0.2) is 0 Å². The van der Waals surface area contributed by atoms with E-state index in [1.165, 1.54) is 0 Å². The summed E-state index contributed by atoms with van der Waals surface area (Å²) in [5, 5.41) is 0.